The van der Waals surface area contributed by atoms with Crippen molar-refractivity contribution in [3.63, 3.8) is 0 Å². The molecule has 0 saturated carbocycles. The van der Waals surface area contributed by atoms with E-state index in [1.807, 2.05) is 26.0 Å². The van der Waals surface area contributed by atoms with Crippen molar-refractivity contribution in [1.29, 1.82) is 0 Å². The van der Waals surface area contributed by atoms with E-state index in [1.54, 1.807) is 0 Å². The van der Waals surface area contributed by atoms with Crippen molar-refractivity contribution in [2.24, 2.45) is 11.8 Å². The van der Waals surface area contributed by atoms with E-state index in [-0.39, 0.29) is 23.5 Å². The lowest BCUT2D eigenvalue weighted by Gasteiger charge is -2.44. The first-order valence-electron chi connectivity index (χ1n) is 9.78. The molecule has 0 bridgehead atoms. The fourth-order valence-electron chi connectivity index (χ4n) is 3.79. The predicted molar refractivity (Wildman–Crippen MR) is 115 cm³/mol. The summed E-state index contributed by atoms with van der Waals surface area (Å²) >= 11 is 0. The smallest absolute Gasteiger partial charge is 0.261 e. The molecule has 0 aliphatic rings. The van der Waals surface area contributed by atoms with Crippen LogP contribution in [-0.2, 0) is 4.43 Å². The molecule has 148 valence electrons. The van der Waals surface area contributed by atoms with Crippen molar-refractivity contribution < 1.29 is 14.6 Å². The van der Waals surface area contributed by atoms with E-state index < -0.39 is 14.4 Å². The molecule has 2 rings (SSSR count). The molecule has 3 atom stereocenters. The van der Waals surface area contributed by atoms with Crippen LogP contribution in [0.25, 0.3) is 0 Å². The molecule has 2 aromatic carbocycles. The summed E-state index contributed by atoms with van der Waals surface area (Å²) in [5.74, 6) is -0.225. The first-order chi connectivity index (χ1) is 12.7. The monoisotopic (exact) mass is 386 g/mol. The lowest BCUT2D eigenvalue weighted by atomic mass is 9.95. The van der Waals surface area contributed by atoms with E-state index in [9.17, 15) is 10.2 Å². The van der Waals surface area contributed by atoms with E-state index in [4.69, 9.17) is 4.43 Å². The fourth-order valence-corrected chi connectivity index (χ4v) is 8.45. The summed E-state index contributed by atoms with van der Waals surface area (Å²) in [6.07, 6.45) is -0.590. The SMILES string of the molecule is C[C@H](CO)[C@@H](O)[C@@H](C)CO[Si](c1ccccc1)(c1ccccc1)C(C)(C)C. The predicted octanol–water partition coefficient (Wildman–Crippen LogP) is 3.19. The van der Waals surface area contributed by atoms with Crippen LogP contribution in [0.2, 0.25) is 5.04 Å². The molecule has 0 heterocycles. The molecule has 0 amide bonds. The van der Waals surface area contributed by atoms with E-state index in [1.165, 1.54) is 10.4 Å². The number of hydrogen-bond acceptors (Lipinski definition) is 3. The average molecular weight is 387 g/mol. The van der Waals surface area contributed by atoms with Crippen LogP contribution < -0.4 is 10.4 Å². The highest BCUT2D eigenvalue weighted by Gasteiger charge is 2.50. The van der Waals surface area contributed by atoms with Crippen LogP contribution in [0.3, 0.4) is 0 Å². The molecule has 0 aliphatic carbocycles. The Kier molecular flexibility index (Phi) is 7.40. The quantitative estimate of drug-likeness (QED) is 0.685. The van der Waals surface area contributed by atoms with Gasteiger partial charge < -0.3 is 14.6 Å². The van der Waals surface area contributed by atoms with Gasteiger partial charge in [-0.1, -0.05) is 95.3 Å². The van der Waals surface area contributed by atoms with E-state index in [0.29, 0.717) is 6.61 Å². The number of aliphatic hydroxyl groups excluding tert-OH is 2. The summed E-state index contributed by atoms with van der Waals surface area (Å²) < 4.78 is 6.84. The molecule has 4 heteroatoms. The van der Waals surface area contributed by atoms with E-state index in [0.717, 1.165) is 0 Å². The van der Waals surface area contributed by atoms with Crippen LogP contribution >= 0.6 is 0 Å². The normalized spacial score (nSPS) is 16.0. The number of benzene rings is 2. The van der Waals surface area contributed by atoms with Gasteiger partial charge in [0, 0.05) is 25.0 Å². The number of aliphatic hydroxyl groups is 2. The van der Waals surface area contributed by atoms with Gasteiger partial charge in [-0.15, -0.1) is 0 Å². The second-order valence-corrected chi connectivity index (χ2v) is 12.9. The first-order valence-corrected chi connectivity index (χ1v) is 11.7. The van der Waals surface area contributed by atoms with Gasteiger partial charge >= 0.3 is 0 Å². The number of hydrogen-bond donors (Lipinski definition) is 2. The minimum atomic E-state index is -2.58. The summed E-state index contributed by atoms with van der Waals surface area (Å²) in [4.78, 5) is 0. The van der Waals surface area contributed by atoms with Crippen LogP contribution in [0.1, 0.15) is 34.6 Å². The zero-order chi connectivity index (χ0) is 20.1. The number of rotatable bonds is 8. The zero-order valence-electron chi connectivity index (χ0n) is 17.2. The molecular weight excluding hydrogens is 352 g/mol. The minimum absolute atomic E-state index is 0.0231. The van der Waals surface area contributed by atoms with E-state index >= 15 is 0 Å². The highest BCUT2D eigenvalue weighted by Crippen LogP contribution is 2.37. The first kappa shape index (κ1) is 21.8. The molecule has 0 fully saturated rings. The summed E-state index contributed by atoms with van der Waals surface area (Å²) in [5.41, 5.74) is 0. The maximum Gasteiger partial charge on any atom is 0.261 e. The molecule has 2 aromatic rings. The highest BCUT2D eigenvalue weighted by atomic mass is 28.4. The van der Waals surface area contributed by atoms with Crippen molar-refractivity contribution >= 4 is 18.7 Å². The molecule has 0 spiro atoms. The third kappa shape index (κ3) is 4.69. The van der Waals surface area contributed by atoms with E-state index in [2.05, 4.69) is 69.3 Å². The van der Waals surface area contributed by atoms with Crippen LogP contribution in [-0.4, -0.2) is 37.8 Å². The van der Waals surface area contributed by atoms with Crippen molar-refractivity contribution in [2.45, 2.75) is 45.8 Å². The molecule has 2 N–H and O–H groups in total. The Bertz CT molecular complexity index is 642. The van der Waals surface area contributed by atoms with Gasteiger partial charge in [0.2, 0.25) is 0 Å². The second kappa shape index (κ2) is 9.15. The van der Waals surface area contributed by atoms with Crippen molar-refractivity contribution in [3.05, 3.63) is 60.7 Å². The Morgan fingerprint density at radius 3 is 1.67 bits per heavy atom. The molecule has 0 aromatic heterocycles. The summed E-state index contributed by atoms with van der Waals surface area (Å²) in [6.45, 7) is 11.0. The maximum absolute atomic E-state index is 10.5. The van der Waals surface area contributed by atoms with Gasteiger partial charge in [0.1, 0.15) is 0 Å². The average Bonchev–Trinajstić information content (AvgIpc) is 2.67. The van der Waals surface area contributed by atoms with Gasteiger partial charge in [0.05, 0.1) is 6.10 Å². The van der Waals surface area contributed by atoms with Crippen molar-refractivity contribution in [1.82, 2.24) is 0 Å². The van der Waals surface area contributed by atoms with Gasteiger partial charge in [-0.2, -0.15) is 0 Å². The van der Waals surface area contributed by atoms with Gasteiger partial charge in [0.15, 0.2) is 0 Å². The summed E-state index contributed by atoms with van der Waals surface area (Å²) in [6, 6.07) is 21.0. The third-order valence-corrected chi connectivity index (χ3v) is 10.4. The molecular formula is C23H34O3Si. The fraction of sp³-hybridized carbons (Fsp3) is 0.478. The standard InChI is InChI=1S/C23H34O3Si/c1-18(16-24)22(25)19(2)17-26-27(23(3,4)5,20-12-8-6-9-13-20)21-14-10-7-11-15-21/h6-15,18-19,22,24-25H,16-17H2,1-5H3/t18-,19+,22-/m1/s1. The second-order valence-electron chi connectivity index (χ2n) is 8.60. The minimum Gasteiger partial charge on any atom is -0.407 e. The van der Waals surface area contributed by atoms with Crippen LogP contribution in [0.4, 0.5) is 0 Å². The Morgan fingerprint density at radius 1 is 0.852 bits per heavy atom. The Balaban J connectivity index is 2.47. The summed E-state index contributed by atoms with van der Waals surface area (Å²) in [5, 5.41) is 22.3. The Morgan fingerprint density at radius 2 is 1.30 bits per heavy atom. The van der Waals surface area contributed by atoms with Crippen LogP contribution in [0, 0.1) is 11.8 Å². The molecule has 3 nitrogen and oxygen atoms in total. The van der Waals surface area contributed by atoms with Gasteiger partial charge in [-0.25, -0.2) is 0 Å². The molecule has 0 unspecified atom stereocenters. The van der Waals surface area contributed by atoms with Gasteiger partial charge in [-0.05, 0) is 15.4 Å². The topological polar surface area (TPSA) is 49.7 Å². The highest BCUT2D eigenvalue weighted by molar-refractivity contribution is 6.99. The largest absolute Gasteiger partial charge is 0.407 e. The van der Waals surface area contributed by atoms with Gasteiger partial charge in [-0.3, -0.25) is 0 Å². The molecule has 0 saturated heterocycles. The van der Waals surface area contributed by atoms with Gasteiger partial charge in [0.25, 0.3) is 8.32 Å². The van der Waals surface area contributed by atoms with Crippen LogP contribution in [0.5, 0.6) is 0 Å². The molecule has 27 heavy (non-hydrogen) atoms. The summed E-state index contributed by atoms with van der Waals surface area (Å²) in [7, 11) is -2.58. The lowest BCUT2D eigenvalue weighted by molar-refractivity contribution is 0.0184. The third-order valence-electron chi connectivity index (χ3n) is 5.43. The molecule has 0 radical (unpaired) electrons. The van der Waals surface area contributed by atoms with Crippen molar-refractivity contribution in [2.75, 3.05) is 13.2 Å². The van der Waals surface area contributed by atoms with Crippen molar-refractivity contribution in [3.8, 4) is 0 Å². The molecule has 0 aliphatic heterocycles. The Labute approximate surface area is 165 Å². The Hall–Kier alpha value is -1.46. The lowest BCUT2D eigenvalue weighted by Crippen LogP contribution is -2.67. The van der Waals surface area contributed by atoms with Crippen LogP contribution in [0.15, 0.2) is 60.7 Å². The maximum atomic E-state index is 10.5. The zero-order valence-corrected chi connectivity index (χ0v) is 18.2.